The molecule has 0 saturated carbocycles. The van der Waals surface area contributed by atoms with Crippen LogP contribution in [0.4, 0.5) is 5.88 Å². The molecule has 1 N–H and O–H groups in total. The molecular formula is C20H19N3O4. The van der Waals surface area contributed by atoms with Crippen LogP contribution >= 0.6 is 0 Å². The first-order valence-corrected chi connectivity index (χ1v) is 8.57. The maximum atomic E-state index is 12.6. The van der Waals surface area contributed by atoms with Crippen LogP contribution in [0.3, 0.4) is 0 Å². The second-order valence-corrected chi connectivity index (χ2v) is 6.56. The van der Waals surface area contributed by atoms with Gasteiger partial charge in [-0.2, -0.15) is 5.26 Å². The predicted molar refractivity (Wildman–Crippen MR) is 96.8 cm³/mol. The Balaban J connectivity index is 1.71. The van der Waals surface area contributed by atoms with Crippen molar-refractivity contribution in [1.29, 1.82) is 5.26 Å². The molecule has 1 saturated heterocycles. The van der Waals surface area contributed by atoms with Gasteiger partial charge in [0.05, 0.1) is 11.5 Å². The summed E-state index contributed by atoms with van der Waals surface area (Å²) >= 11 is 0. The van der Waals surface area contributed by atoms with Gasteiger partial charge >= 0.3 is 0 Å². The Labute approximate surface area is 156 Å². The Morgan fingerprint density at radius 3 is 2.67 bits per heavy atom. The number of rotatable bonds is 5. The van der Waals surface area contributed by atoms with Crippen LogP contribution in [0, 0.1) is 24.2 Å². The molecule has 1 atom stereocenters. The molecular weight excluding hydrogens is 346 g/mol. The zero-order chi connectivity index (χ0) is 19.6. The highest BCUT2D eigenvalue weighted by Gasteiger charge is 2.35. The Hall–Kier alpha value is -3.40. The molecule has 7 nitrogen and oxygen atoms in total. The Bertz CT molecular complexity index is 940. The maximum Gasteiger partial charge on any atom is 0.232 e. The summed E-state index contributed by atoms with van der Waals surface area (Å²) in [5, 5.41) is 11.9. The van der Waals surface area contributed by atoms with Crippen LogP contribution < -0.4 is 5.32 Å². The number of nitrogens with zero attached hydrogens (tertiary/aromatic N) is 2. The highest BCUT2D eigenvalue weighted by Crippen LogP contribution is 2.28. The zero-order valence-corrected chi connectivity index (χ0v) is 15.1. The summed E-state index contributed by atoms with van der Waals surface area (Å²) in [7, 11) is 0. The smallest absolute Gasteiger partial charge is 0.232 e. The number of likely N-dealkylation sites (tertiary alicyclic amines) is 1. The minimum atomic E-state index is -0.543. The fourth-order valence-corrected chi connectivity index (χ4v) is 3.28. The summed E-state index contributed by atoms with van der Waals surface area (Å²) in [6, 6.07) is 11.5. The van der Waals surface area contributed by atoms with Gasteiger partial charge in [-0.3, -0.25) is 19.7 Å². The van der Waals surface area contributed by atoms with Gasteiger partial charge in [0, 0.05) is 19.5 Å². The fourth-order valence-electron chi connectivity index (χ4n) is 3.28. The molecule has 1 aliphatic rings. The normalized spacial score (nSPS) is 16.3. The highest BCUT2D eigenvalue weighted by molar-refractivity contribution is 6.02. The van der Waals surface area contributed by atoms with Crippen molar-refractivity contribution in [3.05, 3.63) is 52.8 Å². The van der Waals surface area contributed by atoms with Gasteiger partial charge in [-0.15, -0.1) is 0 Å². The summed E-state index contributed by atoms with van der Waals surface area (Å²) < 4.78 is 5.40. The molecule has 0 radical (unpaired) electrons. The zero-order valence-electron chi connectivity index (χ0n) is 15.1. The average Bonchev–Trinajstić information content (AvgIpc) is 3.15. The van der Waals surface area contributed by atoms with Gasteiger partial charge < -0.3 is 9.32 Å². The van der Waals surface area contributed by atoms with Crippen LogP contribution in [-0.2, 0) is 16.1 Å². The lowest BCUT2D eigenvalue weighted by molar-refractivity contribution is -0.128. The molecule has 1 aliphatic heterocycles. The van der Waals surface area contributed by atoms with E-state index in [0.29, 0.717) is 13.1 Å². The SMILES string of the molecule is CC(=O)c1c(C)oc(NC(=O)C2CC(=O)N(Cc3ccccc3)C2)c1C#N. The first-order chi connectivity index (χ1) is 12.9. The van der Waals surface area contributed by atoms with Gasteiger partial charge in [-0.25, -0.2) is 0 Å². The molecule has 1 unspecified atom stereocenters. The molecule has 1 aromatic heterocycles. The number of nitriles is 1. The number of benzene rings is 1. The van der Waals surface area contributed by atoms with Crippen molar-refractivity contribution in [1.82, 2.24) is 4.90 Å². The molecule has 0 aliphatic carbocycles. The second kappa shape index (κ2) is 7.46. The molecule has 138 valence electrons. The van der Waals surface area contributed by atoms with E-state index >= 15 is 0 Å². The number of hydrogen-bond acceptors (Lipinski definition) is 5. The predicted octanol–water partition coefficient (Wildman–Crippen LogP) is 2.65. The summed E-state index contributed by atoms with van der Waals surface area (Å²) in [4.78, 5) is 38.1. The van der Waals surface area contributed by atoms with E-state index in [0.717, 1.165) is 5.56 Å². The standard InChI is InChI=1S/C20H19N3O4/c1-12(24)18-13(2)27-20(16(18)9-21)22-19(26)15-8-17(25)23(11-15)10-14-6-4-3-5-7-14/h3-7,15H,8,10-11H2,1-2H3,(H,22,26). The van der Waals surface area contributed by atoms with Crippen molar-refractivity contribution < 1.29 is 18.8 Å². The van der Waals surface area contributed by atoms with E-state index in [9.17, 15) is 19.6 Å². The van der Waals surface area contributed by atoms with Gasteiger partial charge in [0.2, 0.25) is 17.7 Å². The fraction of sp³-hybridized carbons (Fsp3) is 0.300. The number of carbonyl (C=O) groups excluding carboxylic acids is 3. The van der Waals surface area contributed by atoms with E-state index in [-0.39, 0.29) is 40.9 Å². The molecule has 2 heterocycles. The van der Waals surface area contributed by atoms with Crippen molar-refractivity contribution >= 4 is 23.5 Å². The molecule has 1 aromatic carbocycles. The van der Waals surface area contributed by atoms with Gasteiger partial charge in [-0.05, 0) is 19.4 Å². The minimum absolute atomic E-state index is 0.0128. The average molecular weight is 365 g/mol. The highest BCUT2D eigenvalue weighted by atomic mass is 16.4. The molecule has 2 aromatic rings. The lowest BCUT2D eigenvalue weighted by Crippen LogP contribution is -2.28. The van der Waals surface area contributed by atoms with Gasteiger partial charge in [-0.1, -0.05) is 30.3 Å². The second-order valence-electron chi connectivity index (χ2n) is 6.56. The third-order valence-electron chi connectivity index (χ3n) is 4.59. The van der Waals surface area contributed by atoms with Crippen LogP contribution in [0.1, 0.15) is 40.6 Å². The number of anilines is 1. The first kappa shape index (κ1) is 18.4. The topological polar surface area (TPSA) is 103 Å². The number of nitrogens with one attached hydrogen (secondary N) is 1. The van der Waals surface area contributed by atoms with Crippen LogP contribution in [0.15, 0.2) is 34.7 Å². The van der Waals surface area contributed by atoms with Gasteiger partial charge in [0.1, 0.15) is 17.4 Å². The van der Waals surface area contributed by atoms with E-state index in [2.05, 4.69) is 5.32 Å². The van der Waals surface area contributed by atoms with Crippen LogP contribution in [0.25, 0.3) is 0 Å². The number of furan rings is 1. The van der Waals surface area contributed by atoms with Crippen LogP contribution in [0.2, 0.25) is 0 Å². The van der Waals surface area contributed by atoms with E-state index in [1.807, 2.05) is 36.4 Å². The van der Waals surface area contributed by atoms with Crippen molar-refractivity contribution in [3.8, 4) is 6.07 Å². The monoisotopic (exact) mass is 365 g/mol. The molecule has 2 amide bonds. The number of Topliss-reactive ketones (excluding diaryl/α,β-unsaturated/α-hetero) is 1. The lowest BCUT2D eigenvalue weighted by Gasteiger charge is -2.16. The van der Waals surface area contributed by atoms with Crippen molar-refractivity contribution in [2.24, 2.45) is 5.92 Å². The minimum Gasteiger partial charge on any atom is -0.443 e. The van der Waals surface area contributed by atoms with Crippen molar-refractivity contribution in [3.63, 3.8) is 0 Å². The van der Waals surface area contributed by atoms with E-state index in [1.54, 1.807) is 11.8 Å². The Kier molecular flexibility index (Phi) is 5.08. The molecule has 7 heteroatoms. The number of aryl methyl sites for hydroxylation is 1. The lowest BCUT2D eigenvalue weighted by atomic mass is 10.1. The number of amides is 2. The van der Waals surface area contributed by atoms with E-state index in [4.69, 9.17) is 4.42 Å². The Morgan fingerprint density at radius 2 is 2.04 bits per heavy atom. The van der Waals surface area contributed by atoms with Crippen LogP contribution in [0.5, 0.6) is 0 Å². The summed E-state index contributed by atoms with van der Waals surface area (Å²) in [6.45, 7) is 3.64. The van der Waals surface area contributed by atoms with Crippen molar-refractivity contribution in [2.75, 3.05) is 11.9 Å². The number of ketones is 1. The third-order valence-corrected chi connectivity index (χ3v) is 4.59. The summed E-state index contributed by atoms with van der Waals surface area (Å²) in [5.74, 6) is -1.11. The molecule has 3 rings (SSSR count). The van der Waals surface area contributed by atoms with E-state index in [1.165, 1.54) is 6.92 Å². The van der Waals surface area contributed by atoms with Gasteiger partial charge in [0.15, 0.2) is 5.78 Å². The summed E-state index contributed by atoms with van der Waals surface area (Å²) in [6.07, 6.45) is 0.0970. The molecule has 0 bridgehead atoms. The van der Waals surface area contributed by atoms with Crippen LogP contribution in [-0.4, -0.2) is 29.0 Å². The third kappa shape index (κ3) is 3.75. The van der Waals surface area contributed by atoms with E-state index < -0.39 is 11.8 Å². The van der Waals surface area contributed by atoms with Crippen molar-refractivity contribution in [2.45, 2.75) is 26.8 Å². The number of carbonyl (C=O) groups is 3. The Morgan fingerprint density at radius 1 is 1.33 bits per heavy atom. The maximum absolute atomic E-state index is 12.6. The summed E-state index contributed by atoms with van der Waals surface area (Å²) in [5.41, 5.74) is 1.17. The first-order valence-electron chi connectivity index (χ1n) is 8.57. The number of hydrogen-bond donors (Lipinski definition) is 1. The van der Waals surface area contributed by atoms with Gasteiger partial charge in [0.25, 0.3) is 0 Å². The molecule has 0 spiro atoms. The molecule has 1 fully saturated rings. The quantitative estimate of drug-likeness (QED) is 0.821. The largest absolute Gasteiger partial charge is 0.443 e. The molecule has 27 heavy (non-hydrogen) atoms.